The standard InChI is InChI=1S/C23H20FN3O2S/c1-14(18-4-2-3-5-21(18)24)20-12-27-22-9-7-15(10-19(22)23(20)25)16-6-8-17(26-11-16)13-30(28)29/h2-12,14,30H,13H2,1H3,(H2,25,27). The maximum atomic E-state index is 14.3. The molecule has 0 saturated heterocycles. The van der Waals surface area contributed by atoms with Crippen molar-refractivity contribution in [3.63, 3.8) is 0 Å². The molecule has 0 saturated carbocycles. The topological polar surface area (TPSA) is 85.9 Å². The van der Waals surface area contributed by atoms with E-state index in [0.29, 0.717) is 16.9 Å². The second-order valence-corrected chi connectivity index (χ2v) is 8.11. The van der Waals surface area contributed by atoms with Crippen LogP contribution < -0.4 is 5.73 Å². The van der Waals surface area contributed by atoms with Crippen LogP contribution in [0.5, 0.6) is 0 Å². The second kappa shape index (κ2) is 8.20. The minimum atomic E-state index is -2.51. The lowest BCUT2D eigenvalue weighted by atomic mass is 9.91. The van der Waals surface area contributed by atoms with Gasteiger partial charge in [0.2, 0.25) is 0 Å². The predicted molar refractivity (Wildman–Crippen MR) is 117 cm³/mol. The summed E-state index contributed by atoms with van der Waals surface area (Å²) in [5.41, 5.74) is 11.3. The average Bonchev–Trinajstić information content (AvgIpc) is 2.74. The normalized spacial score (nSPS) is 12.4. The predicted octanol–water partition coefficient (Wildman–Crippen LogP) is 4.28. The molecule has 2 N–H and O–H groups in total. The Balaban J connectivity index is 1.75. The van der Waals surface area contributed by atoms with Gasteiger partial charge < -0.3 is 5.73 Å². The Kier molecular flexibility index (Phi) is 5.46. The van der Waals surface area contributed by atoms with E-state index < -0.39 is 10.7 Å². The van der Waals surface area contributed by atoms with Crippen LogP contribution in [0, 0.1) is 5.82 Å². The first-order chi connectivity index (χ1) is 14.4. The number of hydrogen-bond donors (Lipinski definition) is 2. The first-order valence-corrected chi connectivity index (χ1v) is 10.8. The number of aromatic nitrogens is 2. The number of nitrogen functional groups attached to an aromatic ring is 1. The third-order valence-electron chi connectivity index (χ3n) is 5.23. The van der Waals surface area contributed by atoms with E-state index in [9.17, 15) is 12.8 Å². The Morgan fingerprint density at radius 3 is 2.43 bits per heavy atom. The van der Waals surface area contributed by atoms with Gasteiger partial charge in [0.15, 0.2) is 0 Å². The van der Waals surface area contributed by atoms with Gasteiger partial charge in [0, 0.05) is 40.5 Å². The van der Waals surface area contributed by atoms with Crippen molar-refractivity contribution in [1.82, 2.24) is 9.97 Å². The van der Waals surface area contributed by atoms with E-state index in [1.807, 2.05) is 31.2 Å². The molecule has 0 spiro atoms. The summed E-state index contributed by atoms with van der Waals surface area (Å²) in [6.45, 7) is 1.91. The number of fused-ring (bicyclic) bond motifs is 1. The van der Waals surface area contributed by atoms with Gasteiger partial charge in [-0.1, -0.05) is 37.3 Å². The Morgan fingerprint density at radius 2 is 1.73 bits per heavy atom. The number of nitrogens with zero attached hydrogens (tertiary/aromatic N) is 2. The van der Waals surface area contributed by atoms with Crippen molar-refractivity contribution in [3.8, 4) is 11.1 Å². The Morgan fingerprint density at radius 1 is 0.967 bits per heavy atom. The van der Waals surface area contributed by atoms with Gasteiger partial charge in [0.05, 0.1) is 17.0 Å². The molecule has 1 unspecified atom stereocenters. The first kappa shape index (κ1) is 20.0. The van der Waals surface area contributed by atoms with Crippen LogP contribution in [-0.4, -0.2) is 18.4 Å². The molecule has 0 aliphatic carbocycles. The highest BCUT2D eigenvalue weighted by Gasteiger charge is 2.17. The SMILES string of the molecule is CC(c1ccccc1F)c1cnc2ccc(-c3ccc(C[SH](=O)=O)nc3)cc2c1N. The van der Waals surface area contributed by atoms with Crippen LogP contribution >= 0.6 is 0 Å². The highest BCUT2D eigenvalue weighted by atomic mass is 32.2. The summed E-state index contributed by atoms with van der Waals surface area (Å²) in [5, 5.41) is 0.778. The van der Waals surface area contributed by atoms with E-state index in [2.05, 4.69) is 9.97 Å². The summed E-state index contributed by atoms with van der Waals surface area (Å²) in [4.78, 5) is 8.73. The molecule has 4 rings (SSSR count). The van der Waals surface area contributed by atoms with Crippen LogP contribution in [0.15, 0.2) is 67.0 Å². The van der Waals surface area contributed by atoms with Crippen molar-refractivity contribution >= 4 is 27.3 Å². The molecule has 0 radical (unpaired) electrons. The van der Waals surface area contributed by atoms with E-state index in [-0.39, 0.29) is 17.5 Å². The molecule has 30 heavy (non-hydrogen) atoms. The van der Waals surface area contributed by atoms with Gasteiger partial charge in [0.25, 0.3) is 0 Å². The number of halogens is 1. The Hall–Kier alpha value is -3.32. The summed E-state index contributed by atoms with van der Waals surface area (Å²) in [5.74, 6) is -0.604. The molecular weight excluding hydrogens is 401 g/mol. The zero-order chi connectivity index (χ0) is 21.3. The summed E-state index contributed by atoms with van der Waals surface area (Å²) < 4.78 is 36.0. The quantitative estimate of drug-likeness (QED) is 0.470. The minimum Gasteiger partial charge on any atom is -0.398 e. The van der Waals surface area contributed by atoms with Gasteiger partial charge in [-0.2, -0.15) is 0 Å². The highest BCUT2D eigenvalue weighted by molar-refractivity contribution is 7.71. The fourth-order valence-electron chi connectivity index (χ4n) is 3.57. The van der Waals surface area contributed by atoms with Crippen molar-refractivity contribution < 1.29 is 12.8 Å². The number of thiol groups is 1. The number of pyridine rings is 2. The number of anilines is 1. The number of benzene rings is 2. The fraction of sp³-hybridized carbons (Fsp3) is 0.130. The van der Waals surface area contributed by atoms with Gasteiger partial charge in [-0.15, -0.1) is 0 Å². The van der Waals surface area contributed by atoms with Crippen LogP contribution in [-0.2, 0) is 16.5 Å². The number of rotatable bonds is 5. The Labute approximate surface area is 175 Å². The zero-order valence-electron chi connectivity index (χ0n) is 16.2. The molecule has 7 heteroatoms. The van der Waals surface area contributed by atoms with Crippen LogP contribution in [0.4, 0.5) is 10.1 Å². The molecule has 2 aromatic carbocycles. The molecular formula is C23H20FN3O2S. The number of nitrogens with two attached hydrogens (primary N) is 1. The largest absolute Gasteiger partial charge is 0.398 e. The molecule has 2 aromatic heterocycles. The van der Waals surface area contributed by atoms with Crippen LogP contribution in [0.25, 0.3) is 22.0 Å². The summed E-state index contributed by atoms with van der Waals surface area (Å²) in [6, 6.07) is 15.9. The molecule has 0 aliphatic heterocycles. The average molecular weight is 421 g/mol. The van der Waals surface area contributed by atoms with Crippen molar-refractivity contribution in [2.24, 2.45) is 0 Å². The fourth-order valence-corrected chi connectivity index (χ4v) is 4.02. The molecule has 152 valence electrons. The van der Waals surface area contributed by atoms with Gasteiger partial charge in [-0.05, 0) is 35.4 Å². The van der Waals surface area contributed by atoms with Crippen molar-refractivity contribution in [2.75, 3.05) is 5.73 Å². The zero-order valence-corrected chi connectivity index (χ0v) is 17.1. The minimum absolute atomic E-state index is 0.0818. The lowest BCUT2D eigenvalue weighted by molar-refractivity contribution is 0.603. The molecule has 5 nitrogen and oxygen atoms in total. The first-order valence-electron chi connectivity index (χ1n) is 9.43. The monoisotopic (exact) mass is 421 g/mol. The molecule has 0 fully saturated rings. The van der Waals surface area contributed by atoms with E-state index >= 15 is 0 Å². The third kappa shape index (κ3) is 3.89. The van der Waals surface area contributed by atoms with Crippen LogP contribution in [0.1, 0.15) is 29.7 Å². The summed E-state index contributed by atoms with van der Waals surface area (Å²) >= 11 is 0. The number of hydrogen-bond acceptors (Lipinski definition) is 5. The molecule has 4 aromatic rings. The smallest absolute Gasteiger partial charge is 0.145 e. The van der Waals surface area contributed by atoms with E-state index in [0.717, 1.165) is 27.6 Å². The van der Waals surface area contributed by atoms with Crippen molar-refractivity contribution in [1.29, 1.82) is 0 Å². The van der Waals surface area contributed by atoms with E-state index in [1.54, 1.807) is 36.7 Å². The highest BCUT2D eigenvalue weighted by Crippen LogP contribution is 2.35. The molecule has 1 atom stereocenters. The third-order valence-corrected chi connectivity index (χ3v) is 5.81. The van der Waals surface area contributed by atoms with Crippen molar-refractivity contribution in [3.05, 3.63) is 89.6 Å². The second-order valence-electron chi connectivity index (χ2n) is 7.13. The molecule has 2 heterocycles. The van der Waals surface area contributed by atoms with Gasteiger partial charge in [-0.3, -0.25) is 9.97 Å². The lowest BCUT2D eigenvalue weighted by Crippen LogP contribution is -2.05. The van der Waals surface area contributed by atoms with E-state index in [1.165, 1.54) is 6.07 Å². The lowest BCUT2D eigenvalue weighted by Gasteiger charge is -2.17. The molecule has 0 bridgehead atoms. The maximum absolute atomic E-state index is 14.3. The maximum Gasteiger partial charge on any atom is 0.145 e. The van der Waals surface area contributed by atoms with Crippen LogP contribution in [0.2, 0.25) is 0 Å². The molecule has 0 amide bonds. The van der Waals surface area contributed by atoms with E-state index in [4.69, 9.17) is 5.73 Å². The summed E-state index contributed by atoms with van der Waals surface area (Å²) in [7, 11) is -2.51. The Bertz CT molecular complexity index is 1300. The van der Waals surface area contributed by atoms with Gasteiger partial charge in [-0.25, -0.2) is 12.8 Å². The van der Waals surface area contributed by atoms with Gasteiger partial charge >= 0.3 is 0 Å². The van der Waals surface area contributed by atoms with Crippen LogP contribution in [0.3, 0.4) is 0 Å². The van der Waals surface area contributed by atoms with Crippen molar-refractivity contribution in [2.45, 2.75) is 18.6 Å². The molecule has 0 aliphatic rings. The van der Waals surface area contributed by atoms with Gasteiger partial charge in [0.1, 0.15) is 16.5 Å². The summed E-state index contributed by atoms with van der Waals surface area (Å²) in [6.07, 6.45) is 3.35.